The summed E-state index contributed by atoms with van der Waals surface area (Å²) in [6.07, 6.45) is 6.42. The number of rotatable bonds is 6. The van der Waals surface area contributed by atoms with E-state index in [0.29, 0.717) is 5.92 Å². The van der Waals surface area contributed by atoms with E-state index in [2.05, 4.69) is 34.4 Å². The van der Waals surface area contributed by atoms with Gasteiger partial charge in [0, 0.05) is 33.3 Å². The van der Waals surface area contributed by atoms with Crippen molar-refractivity contribution in [3.63, 3.8) is 0 Å². The molecule has 0 aliphatic carbocycles. The molecule has 0 aromatic rings. The zero-order chi connectivity index (χ0) is 15.8. The number of ether oxygens (including phenoxy) is 1. The van der Waals surface area contributed by atoms with Crippen LogP contribution in [0.3, 0.4) is 0 Å². The summed E-state index contributed by atoms with van der Waals surface area (Å²) < 4.78 is 5.81. The van der Waals surface area contributed by atoms with Gasteiger partial charge in [0.2, 0.25) is 0 Å². The molecule has 2 saturated heterocycles. The Morgan fingerprint density at radius 1 is 1.23 bits per heavy atom. The summed E-state index contributed by atoms with van der Waals surface area (Å²) in [5, 5.41) is 6.87. The Labute approximate surface area is 135 Å². The first kappa shape index (κ1) is 17.5. The molecular weight excluding hydrogens is 276 g/mol. The highest BCUT2D eigenvalue weighted by Gasteiger charge is 2.29. The second-order valence-corrected chi connectivity index (χ2v) is 7.18. The second kappa shape index (κ2) is 8.73. The molecule has 128 valence electrons. The van der Waals surface area contributed by atoms with Crippen molar-refractivity contribution in [2.75, 3.05) is 46.4 Å². The van der Waals surface area contributed by atoms with E-state index in [9.17, 15) is 0 Å². The zero-order valence-electron chi connectivity index (χ0n) is 14.7. The maximum absolute atomic E-state index is 5.81. The van der Waals surface area contributed by atoms with Crippen molar-refractivity contribution >= 4 is 5.96 Å². The predicted molar refractivity (Wildman–Crippen MR) is 92.4 cm³/mol. The fraction of sp³-hybridized carbons (Fsp3) is 0.941. The van der Waals surface area contributed by atoms with Gasteiger partial charge in [0.25, 0.3) is 0 Å². The summed E-state index contributed by atoms with van der Waals surface area (Å²) >= 11 is 0. The van der Waals surface area contributed by atoms with Crippen molar-refractivity contribution in [2.45, 2.75) is 51.6 Å². The first-order valence-electron chi connectivity index (χ1n) is 8.92. The number of piperidine rings is 1. The predicted octanol–water partition coefficient (Wildman–Crippen LogP) is 1.84. The van der Waals surface area contributed by atoms with Crippen molar-refractivity contribution in [1.29, 1.82) is 0 Å². The van der Waals surface area contributed by atoms with E-state index in [1.807, 2.05) is 7.05 Å². The molecule has 2 unspecified atom stereocenters. The first-order chi connectivity index (χ1) is 10.6. The third kappa shape index (κ3) is 5.76. The molecule has 2 aliphatic heterocycles. The molecule has 2 atom stereocenters. The molecule has 5 nitrogen and oxygen atoms in total. The number of nitrogens with one attached hydrogen (secondary N) is 2. The zero-order valence-corrected chi connectivity index (χ0v) is 14.7. The molecule has 0 amide bonds. The average Bonchev–Trinajstić information content (AvgIpc) is 2.95. The van der Waals surface area contributed by atoms with Gasteiger partial charge in [-0.25, -0.2) is 0 Å². The molecule has 2 fully saturated rings. The summed E-state index contributed by atoms with van der Waals surface area (Å²) in [5.74, 6) is 1.53. The van der Waals surface area contributed by atoms with Crippen LogP contribution in [0.15, 0.2) is 4.99 Å². The minimum Gasteiger partial charge on any atom is -0.373 e. The van der Waals surface area contributed by atoms with Crippen LogP contribution in [0, 0.1) is 5.92 Å². The van der Waals surface area contributed by atoms with Gasteiger partial charge >= 0.3 is 0 Å². The van der Waals surface area contributed by atoms with Crippen molar-refractivity contribution < 1.29 is 4.74 Å². The Hall–Kier alpha value is -0.810. The third-order valence-electron chi connectivity index (χ3n) is 4.79. The molecule has 0 radical (unpaired) electrons. The molecule has 0 aromatic heterocycles. The lowest BCUT2D eigenvalue weighted by Gasteiger charge is -2.29. The van der Waals surface area contributed by atoms with Crippen LogP contribution in [0.5, 0.6) is 0 Å². The van der Waals surface area contributed by atoms with Gasteiger partial charge in [-0.3, -0.25) is 4.99 Å². The van der Waals surface area contributed by atoms with Gasteiger partial charge in [-0.15, -0.1) is 0 Å². The average molecular weight is 310 g/mol. The van der Waals surface area contributed by atoms with Gasteiger partial charge < -0.3 is 20.3 Å². The Bertz CT molecular complexity index is 347. The number of hydrogen-bond donors (Lipinski definition) is 2. The van der Waals surface area contributed by atoms with E-state index in [1.54, 1.807) is 0 Å². The standard InChI is InChI=1S/C17H34N4O/c1-15(13-21-9-5-4-6-10-21)12-19-16(18-3)20-14-17(2)8-7-11-22-17/h15H,4-14H2,1-3H3,(H2,18,19,20). The lowest BCUT2D eigenvalue weighted by molar-refractivity contribution is 0.0242. The fourth-order valence-corrected chi connectivity index (χ4v) is 3.39. The molecule has 2 N–H and O–H groups in total. The monoisotopic (exact) mass is 310 g/mol. The first-order valence-corrected chi connectivity index (χ1v) is 8.92. The largest absolute Gasteiger partial charge is 0.373 e. The van der Waals surface area contributed by atoms with Crippen LogP contribution in [0.2, 0.25) is 0 Å². The topological polar surface area (TPSA) is 48.9 Å². The van der Waals surface area contributed by atoms with Gasteiger partial charge in [0.05, 0.1) is 5.60 Å². The van der Waals surface area contributed by atoms with E-state index in [4.69, 9.17) is 4.74 Å². The lowest BCUT2D eigenvalue weighted by atomic mass is 10.0. The van der Waals surface area contributed by atoms with Crippen LogP contribution >= 0.6 is 0 Å². The van der Waals surface area contributed by atoms with Gasteiger partial charge in [-0.2, -0.15) is 0 Å². The van der Waals surface area contributed by atoms with Crippen LogP contribution in [0.1, 0.15) is 46.0 Å². The van der Waals surface area contributed by atoms with E-state index in [-0.39, 0.29) is 5.60 Å². The Balaban J connectivity index is 1.64. The normalized spacial score (nSPS) is 28.6. The lowest BCUT2D eigenvalue weighted by Crippen LogP contribution is -2.47. The molecule has 0 bridgehead atoms. The Morgan fingerprint density at radius 3 is 2.64 bits per heavy atom. The highest BCUT2D eigenvalue weighted by molar-refractivity contribution is 5.79. The summed E-state index contributed by atoms with van der Waals surface area (Å²) in [4.78, 5) is 6.92. The molecule has 2 heterocycles. The second-order valence-electron chi connectivity index (χ2n) is 7.18. The van der Waals surface area contributed by atoms with Crippen molar-refractivity contribution in [2.24, 2.45) is 10.9 Å². The van der Waals surface area contributed by atoms with E-state index < -0.39 is 0 Å². The molecule has 0 spiro atoms. The van der Waals surface area contributed by atoms with E-state index in [1.165, 1.54) is 38.9 Å². The Kier molecular flexibility index (Phi) is 6.96. The summed E-state index contributed by atoms with van der Waals surface area (Å²) in [5.41, 5.74) is -0.0307. The van der Waals surface area contributed by atoms with Crippen LogP contribution < -0.4 is 10.6 Å². The van der Waals surface area contributed by atoms with Crippen molar-refractivity contribution in [3.05, 3.63) is 0 Å². The number of aliphatic imine (C=N–C) groups is 1. The van der Waals surface area contributed by atoms with Crippen LogP contribution in [-0.2, 0) is 4.74 Å². The molecular formula is C17H34N4O. The molecule has 2 aliphatic rings. The van der Waals surface area contributed by atoms with Gasteiger partial charge in [0.1, 0.15) is 0 Å². The number of nitrogens with zero attached hydrogens (tertiary/aromatic N) is 2. The number of hydrogen-bond acceptors (Lipinski definition) is 3. The number of guanidine groups is 1. The Morgan fingerprint density at radius 2 is 2.00 bits per heavy atom. The van der Waals surface area contributed by atoms with Gasteiger partial charge in [0.15, 0.2) is 5.96 Å². The highest BCUT2D eigenvalue weighted by Crippen LogP contribution is 2.23. The fourth-order valence-electron chi connectivity index (χ4n) is 3.39. The summed E-state index contributed by atoms with van der Waals surface area (Å²) in [6.45, 7) is 10.9. The van der Waals surface area contributed by atoms with Crippen molar-refractivity contribution in [3.8, 4) is 0 Å². The van der Waals surface area contributed by atoms with E-state index in [0.717, 1.165) is 38.5 Å². The highest BCUT2D eigenvalue weighted by atomic mass is 16.5. The molecule has 0 saturated carbocycles. The third-order valence-corrected chi connectivity index (χ3v) is 4.79. The summed E-state index contributed by atoms with van der Waals surface area (Å²) in [7, 11) is 1.84. The van der Waals surface area contributed by atoms with Gasteiger partial charge in [-0.05, 0) is 51.6 Å². The molecule has 0 aromatic carbocycles. The molecule has 2 rings (SSSR count). The minimum absolute atomic E-state index is 0.0307. The smallest absolute Gasteiger partial charge is 0.191 e. The quantitative estimate of drug-likeness (QED) is 0.580. The van der Waals surface area contributed by atoms with Crippen LogP contribution in [0.4, 0.5) is 0 Å². The van der Waals surface area contributed by atoms with Crippen LogP contribution in [-0.4, -0.2) is 62.8 Å². The SMILES string of the molecule is CN=C(NCC(C)CN1CCCCC1)NCC1(C)CCCO1. The van der Waals surface area contributed by atoms with Gasteiger partial charge in [-0.1, -0.05) is 13.3 Å². The number of likely N-dealkylation sites (tertiary alicyclic amines) is 1. The van der Waals surface area contributed by atoms with Crippen LogP contribution in [0.25, 0.3) is 0 Å². The summed E-state index contributed by atoms with van der Waals surface area (Å²) in [6, 6.07) is 0. The molecule has 5 heteroatoms. The maximum atomic E-state index is 5.81. The molecule has 22 heavy (non-hydrogen) atoms. The maximum Gasteiger partial charge on any atom is 0.191 e. The van der Waals surface area contributed by atoms with E-state index >= 15 is 0 Å². The van der Waals surface area contributed by atoms with Crippen molar-refractivity contribution in [1.82, 2.24) is 15.5 Å². The minimum atomic E-state index is -0.0307.